The summed E-state index contributed by atoms with van der Waals surface area (Å²) in [7, 11) is 0. The van der Waals surface area contributed by atoms with Gasteiger partial charge in [-0.25, -0.2) is 4.98 Å². The Labute approximate surface area is 184 Å². The number of H-pyrrole nitrogens is 1. The summed E-state index contributed by atoms with van der Waals surface area (Å²) in [4.78, 5) is 38.9. The SMILES string of the molecule is O=C(NCC1CC12CCN(C(=O)c1ccnc3[nH]ccc13)CC2)c1cc2ccncc2o1. The van der Waals surface area contributed by atoms with E-state index in [1.807, 2.05) is 23.2 Å². The van der Waals surface area contributed by atoms with E-state index in [0.717, 1.165) is 48.8 Å². The quantitative estimate of drug-likeness (QED) is 0.518. The van der Waals surface area contributed by atoms with Crippen molar-refractivity contribution in [1.82, 2.24) is 25.2 Å². The number of hydrogen-bond acceptors (Lipinski definition) is 5. The molecule has 0 aromatic carbocycles. The molecule has 4 aromatic heterocycles. The minimum atomic E-state index is -0.191. The van der Waals surface area contributed by atoms with Gasteiger partial charge in [0.2, 0.25) is 0 Å². The highest BCUT2D eigenvalue weighted by Gasteiger charge is 2.54. The van der Waals surface area contributed by atoms with E-state index < -0.39 is 0 Å². The normalized spacial score (nSPS) is 19.5. The Morgan fingerprint density at radius 3 is 2.94 bits per heavy atom. The van der Waals surface area contributed by atoms with Gasteiger partial charge in [-0.3, -0.25) is 14.6 Å². The number of pyridine rings is 2. The van der Waals surface area contributed by atoms with Crippen molar-refractivity contribution in [3.05, 3.63) is 60.4 Å². The van der Waals surface area contributed by atoms with Crippen LogP contribution in [-0.2, 0) is 0 Å². The standard InChI is InChI=1S/C24H23N5O3/c30-22(19-11-15-1-6-25-14-20(15)32-19)28-13-16-12-24(16)4-9-29(10-5-24)23(31)18-3-8-27-21-17(18)2-7-26-21/h1-3,6-8,11,14,16H,4-5,9-10,12-13H2,(H,26,27)(H,28,30). The number of carbonyl (C=O) groups excluding carboxylic acids is 2. The first kappa shape index (κ1) is 19.0. The zero-order valence-corrected chi connectivity index (χ0v) is 17.5. The molecule has 8 nitrogen and oxygen atoms in total. The molecule has 1 aliphatic carbocycles. The van der Waals surface area contributed by atoms with Crippen molar-refractivity contribution in [2.45, 2.75) is 19.3 Å². The van der Waals surface area contributed by atoms with E-state index in [1.54, 1.807) is 30.7 Å². The van der Waals surface area contributed by atoms with Gasteiger partial charge < -0.3 is 19.6 Å². The van der Waals surface area contributed by atoms with E-state index in [2.05, 4.69) is 20.3 Å². The molecular weight excluding hydrogens is 406 g/mol. The van der Waals surface area contributed by atoms with Gasteiger partial charge in [-0.15, -0.1) is 0 Å². The number of fused-ring (bicyclic) bond motifs is 2. The summed E-state index contributed by atoms with van der Waals surface area (Å²) in [6.45, 7) is 2.12. The molecule has 1 atom stereocenters. The van der Waals surface area contributed by atoms with Gasteiger partial charge in [0.05, 0.1) is 11.8 Å². The third kappa shape index (κ3) is 3.14. The van der Waals surface area contributed by atoms with E-state index in [9.17, 15) is 9.59 Å². The van der Waals surface area contributed by atoms with Crippen molar-refractivity contribution in [2.24, 2.45) is 11.3 Å². The van der Waals surface area contributed by atoms with Crippen molar-refractivity contribution in [1.29, 1.82) is 0 Å². The summed E-state index contributed by atoms with van der Waals surface area (Å²) in [5.74, 6) is 0.643. The molecule has 8 heteroatoms. The van der Waals surface area contributed by atoms with Gasteiger partial charge in [-0.1, -0.05) is 0 Å². The first-order chi connectivity index (χ1) is 15.6. The lowest BCUT2D eigenvalue weighted by molar-refractivity contribution is 0.0670. The molecule has 1 saturated heterocycles. The first-order valence-electron chi connectivity index (χ1n) is 11.0. The highest BCUT2D eigenvalue weighted by molar-refractivity contribution is 6.05. The van der Waals surface area contributed by atoms with E-state index >= 15 is 0 Å². The molecule has 1 aliphatic heterocycles. The van der Waals surface area contributed by atoms with Gasteiger partial charge in [0, 0.05) is 49.0 Å². The van der Waals surface area contributed by atoms with Crippen LogP contribution in [-0.4, -0.2) is 51.3 Å². The average Bonchev–Trinajstić information content (AvgIpc) is 3.18. The summed E-state index contributed by atoms with van der Waals surface area (Å²) < 4.78 is 5.60. The van der Waals surface area contributed by atoms with Crippen LogP contribution in [0.25, 0.3) is 22.0 Å². The number of nitrogens with zero attached hydrogens (tertiary/aromatic N) is 3. The number of piperidine rings is 1. The predicted molar refractivity (Wildman–Crippen MR) is 118 cm³/mol. The smallest absolute Gasteiger partial charge is 0.287 e. The largest absolute Gasteiger partial charge is 0.449 e. The molecule has 2 amide bonds. The molecule has 162 valence electrons. The lowest BCUT2D eigenvalue weighted by atomic mass is 9.90. The Bertz CT molecular complexity index is 1300. The van der Waals surface area contributed by atoms with Gasteiger partial charge in [-0.2, -0.15) is 0 Å². The van der Waals surface area contributed by atoms with Crippen LogP contribution < -0.4 is 5.32 Å². The highest BCUT2D eigenvalue weighted by Crippen LogP contribution is 2.59. The summed E-state index contributed by atoms with van der Waals surface area (Å²) in [5.41, 5.74) is 2.29. The van der Waals surface area contributed by atoms with Crippen molar-refractivity contribution < 1.29 is 14.0 Å². The molecular formula is C24H23N5O3. The first-order valence-corrected chi connectivity index (χ1v) is 11.0. The zero-order valence-electron chi connectivity index (χ0n) is 17.5. The molecule has 1 unspecified atom stereocenters. The van der Waals surface area contributed by atoms with Crippen LogP contribution >= 0.6 is 0 Å². The number of amides is 2. The minimum absolute atomic E-state index is 0.0664. The van der Waals surface area contributed by atoms with E-state index in [-0.39, 0.29) is 17.2 Å². The van der Waals surface area contributed by atoms with Crippen molar-refractivity contribution >= 4 is 33.8 Å². The molecule has 4 aromatic rings. The zero-order chi connectivity index (χ0) is 21.7. The second-order valence-electron chi connectivity index (χ2n) is 8.89. The number of hydrogen-bond donors (Lipinski definition) is 2. The predicted octanol–water partition coefficient (Wildman–Crippen LogP) is 3.38. The van der Waals surface area contributed by atoms with Crippen LogP contribution in [0.1, 0.15) is 40.2 Å². The van der Waals surface area contributed by atoms with E-state index in [1.165, 1.54) is 0 Å². The molecule has 0 bridgehead atoms. The van der Waals surface area contributed by atoms with Crippen LogP contribution in [0.3, 0.4) is 0 Å². The lowest BCUT2D eigenvalue weighted by Gasteiger charge is -2.33. The number of aromatic nitrogens is 3. The Kier molecular flexibility index (Phi) is 4.28. The monoisotopic (exact) mass is 429 g/mol. The van der Waals surface area contributed by atoms with Gasteiger partial charge in [0.15, 0.2) is 11.3 Å². The highest BCUT2D eigenvalue weighted by atomic mass is 16.3. The van der Waals surface area contributed by atoms with Crippen LogP contribution in [0.2, 0.25) is 0 Å². The Morgan fingerprint density at radius 1 is 1.22 bits per heavy atom. The number of nitrogens with one attached hydrogen (secondary N) is 2. The molecule has 1 spiro atoms. The van der Waals surface area contributed by atoms with Gasteiger partial charge in [0.1, 0.15) is 5.65 Å². The fourth-order valence-corrected chi connectivity index (χ4v) is 5.11. The van der Waals surface area contributed by atoms with Crippen LogP contribution in [0.15, 0.2) is 53.5 Å². The Balaban J connectivity index is 1.05. The second kappa shape index (κ2) is 7.19. The lowest BCUT2D eigenvalue weighted by Crippen LogP contribution is -2.40. The molecule has 5 heterocycles. The van der Waals surface area contributed by atoms with Crippen molar-refractivity contribution in [3.63, 3.8) is 0 Å². The minimum Gasteiger partial charge on any atom is -0.449 e. The van der Waals surface area contributed by atoms with Crippen LogP contribution in [0.5, 0.6) is 0 Å². The second-order valence-corrected chi connectivity index (χ2v) is 8.89. The maximum atomic E-state index is 13.1. The summed E-state index contributed by atoms with van der Waals surface area (Å²) in [6, 6.07) is 7.28. The third-order valence-electron chi connectivity index (χ3n) is 7.15. The number of aromatic amines is 1. The number of likely N-dealkylation sites (tertiary alicyclic amines) is 1. The maximum absolute atomic E-state index is 13.1. The molecule has 2 N–H and O–H groups in total. The van der Waals surface area contributed by atoms with Gasteiger partial charge >= 0.3 is 0 Å². The van der Waals surface area contributed by atoms with Crippen LogP contribution in [0, 0.1) is 11.3 Å². The number of carbonyl (C=O) groups is 2. The van der Waals surface area contributed by atoms with E-state index in [0.29, 0.717) is 29.4 Å². The molecule has 6 rings (SSSR count). The van der Waals surface area contributed by atoms with Crippen LogP contribution in [0.4, 0.5) is 0 Å². The Hall–Kier alpha value is -3.68. The number of rotatable bonds is 4. The molecule has 2 fully saturated rings. The average molecular weight is 429 g/mol. The fourth-order valence-electron chi connectivity index (χ4n) is 5.11. The van der Waals surface area contributed by atoms with E-state index in [4.69, 9.17) is 4.42 Å². The summed E-state index contributed by atoms with van der Waals surface area (Å²) in [5, 5.41) is 4.76. The molecule has 2 aliphatic rings. The van der Waals surface area contributed by atoms with Crippen molar-refractivity contribution in [3.8, 4) is 0 Å². The molecule has 1 saturated carbocycles. The van der Waals surface area contributed by atoms with Gasteiger partial charge in [0.25, 0.3) is 11.8 Å². The number of furan rings is 1. The summed E-state index contributed by atoms with van der Waals surface area (Å²) in [6.07, 6.45) is 9.81. The third-order valence-corrected chi connectivity index (χ3v) is 7.15. The topological polar surface area (TPSA) is 104 Å². The maximum Gasteiger partial charge on any atom is 0.287 e. The molecule has 32 heavy (non-hydrogen) atoms. The molecule has 0 radical (unpaired) electrons. The van der Waals surface area contributed by atoms with Crippen molar-refractivity contribution in [2.75, 3.05) is 19.6 Å². The summed E-state index contributed by atoms with van der Waals surface area (Å²) >= 11 is 0. The fraction of sp³-hybridized carbons (Fsp3) is 0.333. The Morgan fingerprint density at radius 2 is 2.09 bits per heavy atom. The van der Waals surface area contributed by atoms with Gasteiger partial charge in [-0.05, 0) is 54.9 Å².